The summed E-state index contributed by atoms with van der Waals surface area (Å²) < 4.78 is 5.42. The molecule has 0 radical (unpaired) electrons. The minimum atomic E-state index is 0.720. The highest BCUT2D eigenvalue weighted by atomic mass is 32.1. The first-order chi connectivity index (χ1) is 6.88. The van der Waals surface area contributed by atoms with Gasteiger partial charge in [-0.3, -0.25) is 0 Å². The fourth-order valence-electron chi connectivity index (χ4n) is 1.00. The van der Waals surface area contributed by atoms with Crippen LogP contribution in [0.2, 0.25) is 0 Å². The third kappa shape index (κ3) is 1.97. The first-order valence-electron chi connectivity index (χ1n) is 4.05. The Morgan fingerprint density at radius 3 is 3.14 bits per heavy atom. The molecule has 1 N–H and O–H groups in total. The molecule has 0 spiro atoms. The maximum atomic E-state index is 4.07. The fraction of sp³-hybridized carbons (Fsp3) is 0.125. The van der Waals surface area contributed by atoms with Crippen LogP contribution in [0.4, 0.5) is 5.00 Å². The summed E-state index contributed by atoms with van der Waals surface area (Å²) in [5, 5.41) is 11.9. The van der Waals surface area contributed by atoms with E-state index in [0.29, 0.717) is 0 Å². The second kappa shape index (κ2) is 4.01. The van der Waals surface area contributed by atoms with Gasteiger partial charge in [0.25, 0.3) is 0 Å². The molecule has 0 aliphatic rings. The van der Waals surface area contributed by atoms with Crippen molar-refractivity contribution in [2.75, 3.05) is 5.32 Å². The summed E-state index contributed by atoms with van der Waals surface area (Å²) in [6.45, 7) is 4.34. The third-order valence-electron chi connectivity index (χ3n) is 1.67. The largest absolute Gasteiger partial charge is 0.370 e. The molecule has 0 saturated heterocycles. The molecule has 0 saturated carbocycles. The normalized spacial score (nSPS) is 10.0. The molecule has 2 aromatic heterocycles. The highest BCUT2D eigenvalue weighted by Crippen LogP contribution is 2.10. The van der Waals surface area contributed by atoms with Gasteiger partial charge in [-0.1, -0.05) is 11.1 Å². The molecule has 6 heteroatoms. The number of aromatic nitrogens is 4. The van der Waals surface area contributed by atoms with E-state index < -0.39 is 0 Å². The first kappa shape index (κ1) is 8.89. The molecule has 2 heterocycles. The minimum Gasteiger partial charge on any atom is -0.370 e. The summed E-state index contributed by atoms with van der Waals surface area (Å²) in [4.78, 5) is 0. The van der Waals surface area contributed by atoms with Gasteiger partial charge in [0.05, 0.1) is 12.4 Å². The molecule has 0 aliphatic heterocycles. The molecule has 0 unspecified atom stereocenters. The van der Waals surface area contributed by atoms with E-state index in [4.69, 9.17) is 0 Å². The number of anilines is 1. The molecule has 2 aromatic rings. The monoisotopic (exact) mass is 207 g/mol. The lowest BCUT2D eigenvalue weighted by atomic mass is 10.4. The Kier molecular flexibility index (Phi) is 2.55. The molecule has 0 atom stereocenters. The lowest BCUT2D eigenvalue weighted by Gasteiger charge is -1.97. The molecule has 5 nitrogen and oxygen atoms in total. The van der Waals surface area contributed by atoms with Crippen molar-refractivity contribution < 1.29 is 0 Å². The summed E-state index contributed by atoms with van der Waals surface area (Å²) in [7, 11) is 0. The van der Waals surface area contributed by atoms with Crippen LogP contribution in [0.15, 0.2) is 25.2 Å². The van der Waals surface area contributed by atoms with Crippen molar-refractivity contribution in [2.45, 2.75) is 6.54 Å². The molecule has 0 aromatic carbocycles. The summed E-state index contributed by atoms with van der Waals surface area (Å²) in [6.07, 6.45) is 7.05. The number of hydrogen-bond donors (Lipinski definition) is 1. The predicted molar refractivity (Wildman–Crippen MR) is 55.8 cm³/mol. The Balaban J connectivity index is 1.95. The van der Waals surface area contributed by atoms with Crippen LogP contribution in [-0.4, -0.2) is 19.4 Å². The zero-order chi connectivity index (χ0) is 9.80. The van der Waals surface area contributed by atoms with Crippen molar-refractivity contribution in [1.29, 1.82) is 0 Å². The quantitative estimate of drug-likeness (QED) is 0.824. The predicted octanol–water partition coefficient (Wildman–Crippen LogP) is 1.45. The van der Waals surface area contributed by atoms with E-state index in [2.05, 4.69) is 26.6 Å². The lowest BCUT2D eigenvalue weighted by molar-refractivity contribution is 0.936. The lowest BCUT2D eigenvalue weighted by Crippen LogP contribution is -1.95. The third-order valence-corrected chi connectivity index (χ3v) is 2.29. The van der Waals surface area contributed by atoms with Gasteiger partial charge in [0.1, 0.15) is 5.00 Å². The van der Waals surface area contributed by atoms with Crippen LogP contribution in [0.1, 0.15) is 5.56 Å². The van der Waals surface area contributed by atoms with Crippen molar-refractivity contribution in [1.82, 2.24) is 19.4 Å². The Hall–Kier alpha value is -1.69. The van der Waals surface area contributed by atoms with Crippen LogP contribution in [0.3, 0.4) is 0 Å². The van der Waals surface area contributed by atoms with Gasteiger partial charge in [-0.2, -0.15) is 5.10 Å². The van der Waals surface area contributed by atoms with Crippen LogP contribution in [0.5, 0.6) is 0 Å². The molecule has 0 amide bonds. The van der Waals surface area contributed by atoms with E-state index in [0.717, 1.165) is 17.1 Å². The second-order valence-electron chi connectivity index (χ2n) is 2.65. The molecular formula is C8H9N5S. The van der Waals surface area contributed by atoms with E-state index in [1.807, 2.05) is 6.20 Å². The van der Waals surface area contributed by atoms with Gasteiger partial charge in [0.2, 0.25) is 0 Å². The summed E-state index contributed by atoms with van der Waals surface area (Å²) >= 11 is 1.34. The summed E-state index contributed by atoms with van der Waals surface area (Å²) in [5.41, 5.74) is 1.10. The van der Waals surface area contributed by atoms with Gasteiger partial charge in [-0.15, -0.1) is 5.10 Å². The van der Waals surface area contributed by atoms with Gasteiger partial charge < -0.3 is 5.32 Å². The highest BCUT2D eigenvalue weighted by Gasteiger charge is 1.98. The smallest absolute Gasteiger partial charge is 0.130 e. The van der Waals surface area contributed by atoms with Crippen LogP contribution < -0.4 is 5.32 Å². The van der Waals surface area contributed by atoms with E-state index in [9.17, 15) is 0 Å². The van der Waals surface area contributed by atoms with Gasteiger partial charge in [-0.05, 0) is 0 Å². The van der Waals surface area contributed by atoms with E-state index in [-0.39, 0.29) is 0 Å². The van der Waals surface area contributed by atoms with Crippen molar-refractivity contribution in [3.05, 3.63) is 30.7 Å². The van der Waals surface area contributed by atoms with E-state index in [1.165, 1.54) is 11.5 Å². The van der Waals surface area contributed by atoms with Gasteiger partial charge in [-0.25, -0.2) is 4.68 Å². The van der Waals surface area contributed by atoms with Gasteiger partial charge >= 0.3 is 0 Å². The van der Waals surface area contributed by atoms with E-state index in [1.54, 1.807) is 23.3 Å². The Morgan fingerprint density at radius 1 is 1.57 bits per heavy atom. The van der Waals surface area contributed by atoms with Crippen LogP contribution in [0.25, 0.3) is 6.20 Å². The number of hydrogen-bond acceptors (Lipinski definition) is 5. The zero-order valence-corrected chi connectivity index (χ0v) is 8.24. The standard InChI is InChI=1S/C8H9N5S/c1-2-13-6-7(4-11-13)3-9-8-5-10-12-14-8/h2,4-6,9H,1,3H2. The Labute approximate surface area is 85.2 Å². The Morgan fingerprint density at radius 2 is 2.50 bits per heavy atom. The second-order valence-corrected chi connectivity index (χ2v) is 3.43. The summed E-state index contributed by atoms with van der Waals surface area (Å²) in [5.74, 6) is 0. The van der Waals surface area contributed by atoms with Crippen molar-refractivity contribution in [3.8, 4) is 0 Å². The maximum absolute atomic E-state index is 4.07. The molecule has 0 aliphatic carbocycles. The average molecular weight is 207 g/mol. The van der Waals surface area contributed by atoms with Crippen LogP contribution in [-0.2, 0) is 6.54 Å². The van der Waals surface area contributed by atoms with Crippen molar-refractivity contribution >= 4 is 22.7 Å². The molecule has 0 fully saturated rings. The SMILES string of the molecule is C=Cn1cc(CNc2cnns2)cn1. The van der Waals surface area contributed by atoms with E-state index >= 15 is 0 Å². The first-order valence-corrected chi connectivity index (χ1v) is 4.82. The zero-order valence-electron chi connectivity index (χ0n) is 7.42. The highest BCUT2D eigenvalue weighted by molar-refractivity contribution is 7.09. The minimum absolute atomic E-state index is 0.720. The van der Waals surface area contributed by atoms with Crippen molar-refractivity contribution in [3.63, 3.8) is 0 Å². The van der Waals surface area contributed by atoms with Gasteiger partial charge in [0.15, 0.2) is 0 Å². The number of nitrogens with zero attached hydrogens (tertiary/aromatic N) is 4. The molecule has 14 heavy (non-hydrogen) atoms. The van der Waals surface area contributed by atoms with Gasteiger partial charge in [0, 0.05) is 36.0 Å². The van der Waals surface area contributed by atoms with Crippen LogP contribution in [0, 0.1) is 0 Å². The molecule has 0 bridgehead atoms. The Bertz CT molecular complexity index is 405. The number of nitrogens with one attached hydrogen (secondary N) is 1. The molecular weight excluding hydrogens is 198 g/mol. The topological polar surface area (TPSA) is 55.6 Å². The maximum Gasteiger partial charge on any atom is 0.130 e. The molecule has 72 valence electrons. The molecule has 2 rings (SSSR count). The number of rotatable bonds is 4. The van der Waals surface area contributed by atoms with Crippen LogP contribution >= 0.6 is 11.5 Å². The average Bonchev–Trinajstić information content (AvgIpc) is 2.86. The summed E-state index contributed by atoms with van der Waals surface area (Å²) in [6, 6.07) is 0. The fourth-order valence-corrected chi connectivity index (χ4v) is 1.42. The van der Waals surface area contributed by atoms with Crippen molar-refractivity contribution in [2.24, 2.45) is 0 Å².